The molecule has 92 valence electrons. The Labute approximate surface area is 121 Å². The summed E-state index contributed by atoms with van der Waals surface area (Å²) in [5.74, 6) is -0.851. The summed E-state index contributed by atoms with van der Waals surface area (Å²) in [6, 6.07) is 9.69. The van der Waals surface area contributed by atoms with Crippen LogP contribution in [0.25, 0.3) is 0 Å². The van der Waals surface area contributed by atoms with Gasteiger partial charge in [0.2, 0.25) is 0 Å². The summed E-state index contributed by atoms with van der Waals surface area (Å²) in [5, 5.41) is 0. The second-order valence-corrected chi connectivity index (χ2v) is 5.71. The Balaban J connectivity index is 2.51. The van der Waals surface area contributed by atoms with Crippen LogP contribution in [0, 0.1) is 12.7 Å². The fourth-order valence-corrected chi connectivity index (χ4v) is 2.66. The van der Waals surface area contributed by atoms with Gasteiger partial charge in [-0.1, -0.05) is 37.9 Å². The molecule has 0 fully saturated rings. The zero-order valence-corrected chi connectivity index (χ0v) is 12.7. The maximum Gasteiger partial charge on any atom is 0.197 e. The minimum absolute atomic E-state index is 0.0638. The van der Waals surface area contributed by atoms with Crippen molar-refractivity contribution in [2.24, 2.45) is 0 Å². The zero-order valence-electron chi connectivity index (χ0n) is 9.51. The maximum absolute atomic E-state index is 13.7. The predicted molar refractivity (Wildman–Crippen MR) is 76.4 cm³/mol. The third-order valence-corrected chi connectivity index (χ3v) is 3.69. The lowest BCUT2D eigenvalue weighted by Gasteiger charge is -2.06. The number of benzene rings is 2. The van der Waals surface area contributed by atoms with Gasteiger partial charge in [-0.25, -0.2) is 4.39 Å². The highest BCUT2D eigenvalue weighted by Gasteiger charge is 2.16. The Bertz CT molecular complexity index is 623. The van der Waals surface area contributed by atoms with Gasteiger partial charge >= 0.3 is 0 Å². The lowest BCUT2D eigenvalue weighted by molar-refractivity contribution is 0.103. The van der Waals surface area contributed by atoms with Gasteiger partial charge in [0.15, 0.2) is 5.78 Å². The molecule has 0 atom stereocenters. The van der Waals surface area contributed by atoms with Crippen LogP contribution in [-0.4, -0.2) is 5.78 Å². The molecule has 2 rings (SSSR count). The molecule has 18 heavy (non-hydrogen) atoms. The number of carbonyl (C=O) groups excluding carboxylic acids is 1. The molecule has 0 bridgehead atoms. The van der Waals surface area contributed by atoms with Crippen molar-refractivity contribution in [2.45, 2.75) is 6.92 Å². The number of ketones is 1. The summed E-state index contributed by atoms with van der Waals surface area (Å²) in [5.41, 5.74) is 1.56. The summed E-state index contributed by atoms with van der Waals surface area (Å²) in [6.45, 7) is 1.93. The summed E-state index contributed by atoms with van der Waals surface area (Å²) in [6.07, 6.45) is 0. The molecule has 0 aliphatic carbocycles. The first-order chi connectivity index (χ1) is 8.49. The lowest BCUT2D eigenvalue weighted by Crippen LogP contribution is -2.05. The van der Waals surface area contributed by atoms with Crippen LogP contribution >= 0.6 is 31.9 Å². The Kier molecular flexibility index (Phi) is 3.97. The molecular weight excluding hydrogens is 363 g/mol. The number of hydrogen-bond donors (Lipinski definition) is 0. The standard InChI is InChI=1S/C14H9Br2FO/c1-8-2-4-10(12(16)6-8)14(18)11-7-9(15)3-5-13(11)17/h2-7H,1H3. The topological polar surface area (TPSA) is 17.1 Å². The molecule has 2 aromatic carbocycles. The van der Waals surface area contributed by atoms with Gasteiger partial charge in [0.1, 0.15) is 5.82 Å². The van der Waals surface area contributed by atoms with Gasteiger partial charge in [0.05, 0.1) is 5.56 Å². The van der Waals surface area contributed by atoms with Crippen LogP contribution in [0.3, 0.4) is 0 Å². The van der Waals surface area contributed by atoms with Crippen LogP contribution in [0.4, 0.5) is 4.39 Å². The van der Waals surface area contributed by atoms with Crippen molar-refractivity contribution >= 4 is 37.6 Å². The molecule has 0 unspecified atom stereocenters. The van der Waals surface area contributed by atoms with Gasteiger partial charge in [-0.3, -0.25) is 4.79 Å². The molecule has 0 aliphatic rings. The second-order valence-electron chi connectivity index (χ2n) is 3.94. The van der Waals surface area contributed by atoms with Gasteiger partial charge in [-0.15, -0.1) is 0 Å². The molecule has 0 amide bonds. The van der Waals surface area contributed by atoms with Crippen molar-refractivity contribution in [1.29, 1.82) is 0 Å². The fourth-order valence-electron chi connectivity index (χ4n) is 1.62. The highest BCUT2D eigenvalue weighted by Crippen LogP contribution is 2.24. The Morgan fingerprint density at radius 3 is 2.44 bits per heavy atom. The molecule has 0 saturated heterocycles. The third kappa shape index (κ3) is 2.70. The average Bonchev–Trinajstić information content (AvgIpc) is 2.31. The molecule has 0 aromatic heterocycles. The van der Waals surface area contributed by atoms with E-state index in [-0.39, 0.29) is 11.3 Å². The monoisotopic (exact) mass is 370 g/mol. The van der Waals surface area contributed by atoms with Gasteiger partial charge in [0, 0.05) is 14.5 Å². The quantitative estimate of drug-likeness (QED) is 0.687. The van der Waals surface area contributed by atoms with E-state index in [2.05, 4.69) is 31.9 Å². The van der Waals surface area contributed by atoms with E-state index in [1.54, 1.807) is 12.1 Å². The Morgan fingerprint density at radius 2 is 1.78 bits per heavy atom. The number of rotatable bonds is 2. The number of hydrogen-bond acceptors (Lipinski definition) is 1. The summed E-state index contributed by atoms with van der Waals surface area (Å²) in [7, 11) is 0. The average molecular weight is 372 g/mol. The van der Waals surface area contributed by atoms with Crippen LogP contribution < -0.4 is 0 Å². The third-order valence-electron chi connectivity index (χ3n) is 2.54. The van der Waals surface area contributed by atoms with Gasteiger partial charge in [-0.2, -0.15) is 0 Å². The Hall–Kier alpha value is -1.00. The van der Waals surface area contributed by atoms with E-state index in [4.69, 9.17) is 0 Å². The minimum Gasteiger partial charge on any atom is -0.288 e. The van der Waals surface area contributed by atoms with E-state index in [1.165, 1.54) is 12.1 Å². The predicted octanol–water partition coefficient (Wildman–Crippen LogP) is 4.89. The SMILES string of the molecule is Cc1ccc(C(=O)c2cc(Br)ccc2F)c(Br)c1. The maximum atomic E-state index is 13.7. The smallest absolute Gasteiger partial charge is 0.197 e. The van der Waals surface area contributed by atoms with Crippen molar-refractivity contribution in [3.63, 3.8) is 0 Å². The highest BCUT2D eigenvalue weighted by atomic mass is 79.9. The van der Waals surface area contributed by atoms with Crippen molar-refractivity contribution < 1.29 is 9.18 Å². The summed E-state index contributed by atoms with van der Waals surface area (Å²) >= 11 is 6.57. The number of carbonyl (C=O) groups is 1. The van der Waals surface area contributed by atoms with Crippen LogP contribution in [-0.2, 0) is 0 Å². The second kappa shape index (κ2) is 5.33. The van der Waals surface area contributed by atoms with E-state index >= 15 is 0 Å². The van der Waals surface area contributed by atoms with Crippen molar-refractivity contribution in [3.05, 3.63) is 67.9 Å². The molecular formula is C14H9Br2FO. The largest absolute Gasteiger partial charge is 0.288 e. The van der Waals surface area contributed by atoms with Gasteiger partial charge < -0.3 is 0 Å². The van der Waals surface area contributed by atoms with E-state index in [9.17, 15) is 9.18 Å². The molecule has 0 heterocycles. The number of aryl methyl sites for hydroxylation is 1. The molecule has 0 aliphatic heterocycles. The van der Waals surface area contributed by atoms with Crippen LogP contribution in [0.15, 0.2) is 45.3 Å². The minimum atomic E-state index is -0.518. The molecule has 0 saturated carbocycles. The molecule has 0 radical (unpaired) electrons. The molecule has 2 aromatic rings. The van der Waals surface area contributed by atoms with E-state index in [0.717, 1.165) is 5.56 Å². The van der Waals surface area contributed by atoms with E-state index in [1.807, 2.05) is 19.1 Å². The van der Waals surface area contributed by atoms with Gasteiger partial charge in [0.25, 0.3) is 0 Å². The van der Waals surface area contributed by atoms with Crippen molar-refractivity contribution in [2.75, 3.05) is 0 Å². The normalized spacial score (nSPS) is 10.4. The van der Waals surface area contributed by atoms with Crippen LogP contribution in [0.2, 0.25) is 0 Å². The molecule has 1 nitrogen and oxygen atoms in total. The van der Waals surface area contributed by atoms with Crippen LogP contribution in [0.1, 0.15) is 21.5 Å². The first-order valence-electron chi connectivity index (χ1n) is 5.25. The van der Waals surface area contributed by atoms with Gasteiger partial charge in [-0.05, 0) is 42.8 Å². The summed E-state index contributed by atoms with van der Waals surface area (Å²) in [4.78, 5) is 12.3. The highest BCUT2D eigenvalue weighted by molar-refractivity contribution is 9.10. The first kappa shape index (κ1) is 13.4. The van der Waals surface area contributed by atoms with Crippen molar-refractivity contribution in [3.8, 4) is 0 Å². The summed E-state index contributed by atoms with van der Waals surface area (Å²) < 4.78 is 15.0. The zero-order chi connectivity index (χ0) is 13.3. The first-order valence-corrected chi connectivity index (χ1v) is 6.83. The molecule has 0 spiro atoms. The van der Waals surface area contributed by atoms with E-state index in [0.29, 0.717) is 14.5 Å². The Morgan fingerprint density at radius 1 is 1.06 bits per heavy atom. The molecule has 0 N–H and O–H groups in total. The van der Waals surface area contributed by atoms with Crippen LogP contribution in [0.5, 0.6) is 0 Å². The lowest BCUT2D eigenvalue weighted by atomic mass is 10.0. The fraction of sp³-hybridized carbons (Fsp3) is 0.0714. The number of halogens is 3. The van der Waals surface area contributed by atoms with E-state index < -0.39 is 5.82 Å². The van der Waals surface area contributed by atoms with Crippen molar-refractivity contribution in [1.82, 2.24) is 0 Å². The molecule has 4 heteroatoms.